The molecule has 0 aliphatic heterocycles. The van der Waals surface area contributed by atoms with Gasteiger partial charge in [-0.1, -0.05) is 26.3 Å². The number of aromatic nitrogens is 2. The molecule has 1 aromatic heterocycles. The molecular weight excluding hydrogens is 224 g/mol. The van der Waals surface area contributed by atoms with E-state index in [2.05, 4.69) is 37.7 Å². The van der Waals surface area contributed by atoms with Gasteiger partial charge in [-0.3, -0.25) is 9.97 Å². The van der Waals surface area contributed by atoms with E-state index in [4.69, 9.17) is 0 Å². The van der Waals surface area contributed by atoms with Gasteiger partial charge >= 0.3 is 0 Å². The van der Waals surface area contributed by atoms with Crippen molar-refractivity contribution < 1.29 is 5.11 Å². The topological polar surface area (TPSA) is 46.0 Å². The minimum absolute atomic E-state index is 0.0729. The molecule has 0 unspecified atom stereocenters. The van der Waals surface area contributed by atoms with Crippen LogP contribution in [0.25, 0.3) is 5.57 Å². The van der Waals surface area contributed by atoms with Gasteiger partial charge < -0.3 is 5.11 Å². The van der Waals surface area contributed by atoms with E-state index in [1.54, 1.807) is 6.20 Å². The van der Waals surface area contributed by atoms with Gasteiger partial charge in [-0.2, -0.15) is 0 Å². The molecule has 1 aromatic rings. The summed E-state index contributed by atoms with van der Waals surface area (Å²) in [5.41, 5.74) is 5.23. The fourth-order valence-corrected chi connectivity index (χ4v) is 1.94. The van der Waals surface area contributed by atoms with Crippen molar-refractivity contribution in [3.63, 3.8) is 0 Å². The minimum atomic E-state index is 0.0729. The van der Waals surface area contributed by atoms with Gasteiger partial charge in [-0.25, -0.2) is 0 Å². The van der Waals surface area contributed by atoms with Crippen molar-refractivity contribution in [2.45, 2.75) is 48.0 Å². The van der Waals surface area contributed by atoms with Gasteiger partial charge in [0.15, 0.2) is 0 Å². The molecule has 3 nitrogen and oxygen atoms in total. The van der Waals surface area contributed by atoms with Crippen LogP contribution in [0.15, 0.2) is 11.8 Å². The predicted molar refractivity (Wildman–Crippen MR) is 75.3 cm³/mol. The summed E-state index contributed by atoms with van der Waals surface area (Å²) in [6, 6.07) is 0. The molecule has 0 saturated carbocycles. The lowest BCUT2D eigenvalue weighted by Crippen LogP contribution is -2.11. The third kappa shape index (κ3) is 3.39. The third-order valence-electron chi connectivity index (χ3n) is 3.29. The summed E-state index contributed by atoms with van der Waals surface area (Å²) in [5.74, 6) is 0. The zero-order valence-corrected chi connectivity index (χ0v) is 12.3. The van der Waals surface area contributed by atoms with E-state index in [0.29, 0.717) is 6.42 Å². The Balaban J connectivity index is 3.37. The Morgan fingerprint density at radius 1 is 1.28 bits per heavy atom. The van der Waals surface area contributed by atoms with Gasteiger partial charge in [0.2, 0.25) is 0 Å². The molecule has 0 amide bonds. The molecule has 0 aromatic carbocycles. The highest BCUT2D eigenvalue weighted by molar-refractivity contribution is 5.68. The molecule has 0 aliphatic rings. The first kappa shape index (κ1) is 14.8. The Morgan fingerprint density at radius 3 is 2.33 bits per heavy atom. The summed E-state index contributed by atoms with van der Waals surface area (Å²) in [6.07, 6.45) is 2.41. The van der Waals surface area contributed by atoms with Crippen molar-refractivity contribution in [1.82, 2.24) is 9.97 Å². The third-order valence-corrected chi connectivity index (χ3v) is 3.29. The molecule has 18 heavy (non-hydrogen) atoms. The minimum Gasteiger partial charge on any atom is -0.396 e. The Morgan fingerprint density at radius 2 is 1.89 bits per heavy atom. The number of aliphatic hydroxyl groups excluding tert-OH is 1. The Labute approximate surface area is 110 Å². The monoisotopic (exact) mass is 248 g/mol. The number of rotatable bonds is 3. The van der Waals surface area contributed by atoms with E-state index in [1.165, 1.54) is 5.57 Å². The van der Waals surface area contributed by atoms with Crippen molar-refractivity contribution in [3.05, 3.63) is 28.9 Å². The highest BCUT2D eigenvalue weighted by Crippen LogP contribution is 2.33. The Kier molecular flexibility index (Phi) is 4.63. The Bertz CT molecular complexity index is 456. The second-order valence-electron chi connectivity index (χ2n) is 5.77. The van der Waals surface area contributed by atoms with E-state index in [-0.39, 0.29) is 12.0 Å². The normalized spacial score (nSPS) is 13.5. The van der Waals surface area contributed by atoms with E-state index in [0.717, 1.165) is 22.7 Å². The largest absolute Gasteiger partial charge is 0.396 e. The zero-order valence-electron chi connectivity index (χ0n) is 12.3. The molecule has 0 atom stereocenters. The molecule has 0 spiro atoms. The number of allylic oxidation sites excluding steroid dienone is 1. The maximum Gasteiger partial charge on any atom is 0.0874 e. The lowest BCUT2D eigenvalue weighted by molar-refractivity contribution is 0.304. The first-order valence-corrected chi connectivity index (χ1v) is 6.39. The fraction of sp³-hybridized carbons (Fsp3) is 0.600. The zero-order chi connectivity index (χ0) is 13.9. The van der Waals surface area contributed by atoms with Gasteiger partial charge in [-0.15, -0.1) is 0 Å². The average molecular weight is 248 g/mol. The molecule has 1 heterocycles. The lowest BCUT2D eigenvalue weighted by atomic mass is 9.82. The molecule has 1 N–H and O–H groups in total. The van der Waals surface area contributed by atoms with Crippen LogP contribution in [0.4, 0.5) is 0 Å². The highest BCUT2D eigenvalue weighted by Gasteiger charge is 2.20. The second kappa shape index (κ2) is 5.61. The van der Waals surface area contributed by atoms with Crippen molar-refractivity contribution in [2.24, 2.45) is 5.41 Å². The fourth-order valence-electron chi connectivity index (χ4n) is 1.94. The smallest absolute Gasteiger partial charge is 0.0874 e. The SMILES string of the molecule is C/C(=C(/CCO)c1ncc(C)nc1C)C(C)(C)C. The van der Waals surface area contributed by atoms with Crippen LogP contribution >= 0.6 is 0 Å². The molecule has 3 heteroatoms. The molecule has 0 aliphatic carbocycles. The van der Waals surface area contributed by atoms with Gasteiger partial charge in [0.1, 0.15) is 0 Å². The van der Waals surface area contributed by atoms with E-state index < -0.39 is 0 Å². The first-order chi connectivity index (χ1) is 8.27. The van der Waals surface area contributed by atoms with Crippen LogP contribution in [0.2, 0.25) is 0 Å². The summed E-state index contributed by atoms with van der Waals surface area (Å²) in [4.78, 5) is 8.96. The standard InChI is InChI=1S/C15H24N2O/c1-10-9-16-14(12(3)17-10)13(7-8-18)11(2)15(4,5)6/h9,18H,7-8H2,1-6H3/b13-11+. The van der Waals surface area contributed by atoms with Crippen molar-refractivity contribution in [3.8, 4) is 0 Å². The van der Waals surface area contributed by atoms with Crippen LogP contribution in [-0.4, -0.2) is 21.7 Å². The predicted octanol–water partition coefficient (Wildman–Crippen LogP) is 3.30. The number of aliphatic hydroxyl groups is 1. The number of aryl methyl sites for hydroxylation is 2. The van der Waals surface area contributed by atoms with Crippen LogP contribution in [0.5, 0.6) is 0 Å². The molecule has 100 valence electrons. The molecule has 0 saturated heterocycles. The lowest BCUT2D eigenvalue weighted by Gasteiger charge is -2.24. The van der Waals surface area contributed by atoms with Crippen LogP contribution < -0.4 is 0 Å². The number of nitrogens with zero attached hydrogens (tertiary/aromatic N) is 2. The van der Waals surface area contributed by atoms with Crippen LogP contribution in [0, 0.1) is 19.3 Å². The van der Waals surface area contributed by atoms with E-state index in [1.807, 2.05) is 13.8 Å². The summed E-state index contributed by atoms with van der Waals surface area (Å²) in [7, 11) is 0. The van der Waals surface area contributed by atoms with Gasteiger partial charge in [-0.05, 0) is 38.2 Å². The molecular formula is C15H24N2O. The van der Waals surface area contributed by atoms with E-state index in [9.17, 15) is 5.11 Å². The van der Waals surface area contributed by atoms with E-state index >= 15 is 0 Å². The van der Waals surface area contributed by atoms with Crippen molar-refractivity contribution in [2.75, 3.05) is 6.61 Å². The summed E-state index contributed by atoms with van der Waals surface area (Å²) >= 11 is 0. The summed E-state index contributed by atoms with van der Waals surface area (Å²) in [6.45, 7) is 12.7. The summed E-state index contributed by atoms with van der Waals surface area (Å²) < 4.78 is 0. The van der Waals surface area contributed by atoms with Crippen LogP contribution in [0.3, 0.4) is 0 Å². The average Bonchev–Trinajstić information content (AvgIpc) is 2.24. The number of hydrogen-bond acceptors (Lipinski definition) is 3. The molecule has 0 radical (unpaired) electrons. The maximum absolute atomic E-state index is 9.28. The maximum atomic E-state index is 9.28. The second-order valence-corrected chi connectivity index (χ2v) is 5.77. The molecule has 1 rings (SSSR count). The first-order valence-electron chi connectivity index (χ1n) is 6.39. The quantitative estimate of drug-likeness (QED) is 0.892. The molecule has 0 bridgehead atoms. The summed E-state index contributed by atoms with van der Waals surface area (Å²) in [5, 5.41) is 9.28. The highest BCUT2D eigenvalue weighted by atomic mass is 16.2. The van der Waals surface area contributed by atoms with Crippen LogP contribution in [-0.2, 0) is 0 Å². The molecule has 0 fully saturated rings. The van der Waals surface area contributed by atoms with Crippen molar-refractivity contribution in [1.29, 1.82) is 0 Å². The number of hydrogen-bond donors (Lipinski definition) is 1. The van der Waals surface area contributed by atoms with Gasteiger partial charge in [0.05, 0.1) is 17.1 Å². The van der Waals surface area contributed by atoms with Crippen molar-refractivity contribution >= 4 is 5.57 Å². The van der Waals surface area contributed by atoms with Gasteiger partial charge in [0.25, 0.3) is 0 Å². The van der Waals surface area contributed by atoms with Crippen LogP contribution in [0.1, 0.15) is 51.2 Å². The van der Waals surface area contributed by atoms with Gasteiger partial charge in [0, 0.05) is 12.8 Å². The Hall–Kier alpha value is -1.22.